The van der Waals surface area contributed by atoms with Gasteiger partial charge in [-0.1, -0.05) is 60.7 Å². The van der Waals surface area contributed by atoms with Crippen molar-refractivity contribution in [3.8, 4) is 6.07 Å². The van der Waals surface area contributed by atoms with Crippen molar-refractivity contribution in [3.05, 3.63) is 102 Å². The minimum Gasteiger partial charge on any atom is -0.361 e. The lowest BCUT2D eigenvalue weighted by Crippen LogP contribution is -2.40. The van der Waals surface area contributed by atoms with Crippen molar-refractivity contribution in [1.82, 2.24) is 10.3 Å². The SMILES string of the molecule is C[C@@H](NC[C@@H](c1ccccc1)c1c[nH]c2ccccc12)C(=O)Nc1ccccc1C#N. The average molecular weight is 409 g/mol. The molecule has 154 valence electrons. The fourth-order valence-electron chi connectivity index (χ4n) is 3.79. The van der Waals surface area contributed by atoms with Crippen LogP contribution in [0.15, 0.2) is 85.1 Å². The molecule has 0 bridgehead atoms. The van der Waals surface area contributed by atoms with Crippen molar-refractivity contribution in [1.29, 1.82) is 5.26 Å². The van der Waals surface area contributed by atoms with Crippen molar-refractivity contribution in [2.24, 2.45) is 0 Å². The van der Waals surface area contributed by atoms with E-state index in [1.54, 1.807) is 24.3 Å². The van der Waals surface area contributed by atoms with Crippen molar-refractivity contribution < 1.29 is 4.79 Å². The van der Waals surface area contributed by atoms with Crippen LogP contribution in [0.4, 0.5) is 5.69 Å². The molecule has 0 saturated heterocycles. The molecule has 2 atom stereocenters. The van der Waals surface area contributed by atoms with Gasteiger partial charge in [0.2, 0.25) is 5.91 Å². The maximum atomic E-state index is 12.7. The van der Waals surface area contributed by atoms with Crippen LogP contribution in [0, 0.1) is 11.3 Å². The van der Waals surface area contributed by atoms with Crippen molar-refractivity contribution in [2.75, 3.05) is 11.9 Å². The van der Waals surface area contributed by atoms with Crippen LogP contribution in [0.2, 0.25) is 0 Å². The highest BCUT2D eigenvalue weighted by Gasteiger charge is 2.21. The minimum absolute atomic E-state index is 0.0824. The second-order valence-electron chi connectivity index (χ2n) is 7.53. The van der Waals surface area contributed by atoms with Gasteiger partial charge in [-0.05, 0) is 36.2 Å². The molecule has 0 fully saturated rings. The number of hydrogen-bond donors (Lipinski definition) is 3. The first-order chi connectivity index (χ1) is 15.2. The summed E-state index contributed by atoms with van der Waals surface area (Å²) in [6.07, 6.45) is 2.05. The van der Waals surface area contributed by atoms with Gasteiger partial charge >= 0.3 is 0 Å². The van der Waals surface area contributed by atoms with Gasteiger partial charge in [-0.15, -0.1) is 0 Å². The Morgan fingerprint density at radius 1 is 1.00 bits per heavy atom. The number of carbonyl (C=O) groups excluding carboxylic acids is 1. The van der Waals surface area contributed by atoms with Crippen molar-refractivity contribution in [2.45, 2.75) is 18.9 Å². The quantitative estimate of drug-likeness (QED) is 0.411. The molecular weight excluding hydrogens is 384 g/mol. The third kappa shape index (κ3) is 4.50. The molecule has 3 aromatic carbocycles. The van der Waals surface area contributed by atoms with Gasteiger partial charge in [0.15, 0.2) is 0 Å². The molecule has 31 heavy (non-hydrogen) atoms. The number of aromatic amines is 1. The summed E-state index contributed by atoms with van der Waals surface area (Å²) in [6.45, 7) is 2.43. The summed E-state index contributed by atoms with van der Waals surface area (Å²) in [7, 11) is 0. The molecule has 0 radical (unpaired) electrons. The number of carbonyl (C=O) groups is 1. The summed E-state index contributed by atoms with van der Waals surface area (Å²) in [4.78, 5) is 16.1. The number of H-pyrrole nitrogens is 1. The van der Waals surface area contributed by atoms with Crippen LogP contribution in [0.5, 0.6) is 0 Å². The van der Waals surface area contributed by atoms with E-state index >= 15 is 0 Å². The highest BCUT2D eigenvalue weighted by molar-refractivity contribution is 5.95. The summed E-state index contributed by atoms with van der Waals surface area (Å²) in [5.74, 6) is -0.0903. The molecule has 5 nitrogen and oxygen atoms in total. The second kappa shape index (κ2) is 9.29. The van der Waals surface area contributed by atoms with Gasteiger partial charge in [-0.3, -0.25) is 4.79 Å². The lowest BCUT2D eigenvalue weighted by molar-refractivity contribution is -0.117. The minimum atomic E-state index is -0.428. The molecule has 1 aromatic heterocycles. The summed E-state index contributed by atoms with van der Waals surface area (Å²) in [5.41, 5.74) is 4.44. The molecule has 1 heterocycles. The van der Waals surface area contributed by atoms with Gasteiger partial charge in [0, 0.05) is 29.6 Å². The van der Waals surface area contributed by atoms with E-state index in [4.69, 9.17) is 0 Å². The van der Waals surface area contributed by atoms with Crippen LogP contribution in [0.3, 0.4) is 0 Å². The molecule has 0 unspecified atom stereocenters. The second-order valence-corrected chi connectivity index (χ2v) is 7.53. The van der Waals surface area contributed by atoms with E-state index in [1.807, 2.05) is 37.3 Å². The van der Waals surface area contributed by atoms with Crippen LogP contribution in [-0.2, 0) is 4.79 Å². The van der Waals surface area contributed by atoms with Gasteiger partial charge in [-0.25, -0.2) is 0 Å². The fraction of sp³-hybridized carbons (Fsp3) is 0.154. The van der Waals surface area contributed by atoms with Gasteiger partial charge in [0.1, 0.15) is 6.07 Å². The number of benzene rings is 3. The number of amides is 1. The van der Waals surface area contributed by atoms with Crippen LogP contribution in [0.25, 0.3) is 10.9 Å². The number of hydrogen-bond acceptors (Lipinski definition) is 3. The van der Waals surface area contributed by atoms with Gasteiger partial charge in [-0.2, -0.15) is 5.26 Å². The first kappa shape index (κ1) is 20.4. The molecule has 4 rings (SSSR count). The molecule has 1 amide bonds. The number of anilines is 1. The van der Waals surface area contributed by atoms with E-state index in [0.717, 1.165) is 5.52 Å². The van der Waals surface area contributed by atoms with E-state index in [1.165, 1.54) is 16.5 Å². The molecular formula is C26H24N4O. The monoisotopic (exact) mass is 408 g/mol. The largest absolute Gasteiger partial charge is 0.361 e. The number of nitrogens with one attached hydrogen (secondary N) is 3. The summed E-state index contributed by atoms with van der Waals surface area (Å²) < 4.78 is 0. The third-order valence-electron chi connectivity index (χ3n) is 5.53. The molecule has 4 aromatic rings. The lowest BCUT2D eigenvalue weighted by atomic mass is 9.90. The smallest absolute Gasteiger partial charge is 0.241 e. The standard InChI is InChI=1S/C26H24N4O/c1-18(26(31)30-24-13-7-5-11-20(24)15-27)28-16-22(19-9-3-2-4-10-19)23-17-29-25-14-8-6-12-21(23)25/h2-14,17-18,22,28-29H,16H2,1H3,(H,30,31)/t18-,22+/m1/s1. The van der Waals surface area contributed by atoms with E-state index in [2.05, 4.69) is 52.1 Å². The lowest BCUT2D eigenvalue weighted by Gasteiger charge is -2.21. The van der Waals surface area contributed by atoms with Gasteiger partial charge in [0.25, 0.3) is 0 Å². The highest BCUT2D eigenvalue weighted by atomic mass is 16.2. The zero-order valence-corrected chi connectivity index (χ0v) is 17.3. The number of para-hydroxylation sites is 2. The first-order valence-corrected chi connectivity index (χ1v) is 10.3. The number of rotatable bonds is 7. The first-order valence-electron chi connectivity index (χ1n) is 10.3. The Labute approximate surface area is 181 Å². The van der Waals surface area contributed by atoms with Gasteiger partial charge < -0.3 is 15.6 Å². The molecule has 0 aliphatic heterocycles. The van der Waals surface area contributed by atoms with E-state index in [-0.39, 0.29) is 11.8 Å². The average Bonchev–Trinajstić information content (AvgIpc) is 3.24. The van der Waals surface area contributed by atoms with E-state index < -0.39 is 6.04 Å². The number of aromatic nitrogens is 1. The maximum Gasteiger partial charge on any atom is 0.241 e. The predicted octanol–water partition coefficient (Wildman–Crippen LogP) is 4.79. The Bertz CT molecular complexity index is 1220. The maximum absolute atomic E-state index is 12.7. The Balaban J connectivity index is 1.53. The van der Waals surface area contributed by atoms with Crippen LogP contribution in [-0.4, -0.2) is 23.5 Å². The number of nitrogens with zero attached hydrogens (tertiary/aromatic N) is 1. The summed E-state index contributed by atoms with van der Waals surface area (Å²) in [6, 6.07) is 27.2. The zero-order chi connectivity index (χ0) is 21.6. The predicted molar refractivity (Wildman–Crippen MR) is 124 cm³/mol. The molecule has 0 aliphatic rings. The Hall–Kier alpha value is -3.88. The van der Waals surface area contributed by atoms with Gasteiger partial charge in [0.05, 0.1) is 17.3 Å². The highest BCUT2D eigenvalue weighted by Crippen LogP contribution is 2.30. The third-order valence-corrected chi connectivity index (χ3v) is 5.53. The normalized spacial score (nSPS) is 12.8. The Kier molecular flexibility index (Phi) is 6.11. The van der Waals surface area contributed by atoms with Crippen molar-refractivity contribution >= 4 is 22.5 Å². The zero-order valence-electron chi connectivity index (χ0n) is 17.3. The summed E-state index contributed by atoms with van der Waals surface area (Å²) >= 11 is 0. The molecule has 0 spiro atoms. The molecule has 5 heteroatoms. The number of fused-ring (bicyclic) bond motifs is 1. The molecule has 0 aliphatic carbocycles. The Morgan fingerprint density at radius 2 is 1.71 bits per heavy atom. The van der Waals surface area contributed by atoms with Crippen LogP contribution >= 0.6 is 0 Å². The molecule has 3 N–H and O–H groups in total. The van der Waals surface area contributed by atoms with Crippen LogP contribution in [0.1, 0.15) is 29.5 Å². The van der Waals surface area contributed by atoms with Crippen LogP contribution < -0.4 is 10.6 Å². The number of nitriles is 1. The Morgan fingerprint density at radius 3 is 2.52 bits per heavy atom. The van der Waals surface area contributed by atoms with E-state index in [9.17, 15) is 10.1 Å². The van der Waals surface area contributed by atoms with Crippen molar-refractivity contribution in [3.63, 3.8) is 0 Å². The summed E-state index contributed by atoms with van der Waals surface area (Å²) in [5, 5.41) is 16.7. The molecule has 0 saturated carbocycles. The topological polar surface area (TPSA) is 80.7 Å². The van der Waals surface area contributed by atoms with E-state index in [0.29, 0.717) is 17.8 Å². The fourth-order valence-corrected chi connectivity index (χ4v) is 3.79.